The minimum atomic E-state index is -2.22. The van der Waals surface area contributed by atoms with E-state index in [1.54, 1.807) is 0 Å². The van der Waals surface area contributed by atoms with Crippen LogP contribution in [0, 0.1) is 0 Å². The van der Waals surface area contributed by atoms with Crippen molar-refractivity contribution in [3.05, 3.63) is 0 Å². The Bertz CT molecular complexity index is 182. The van der Waals surface area contributed by atoms with E-state index < -0.39 is 20.7 Å². The maximum Gasteiger partial charge on any atom is 0.700 e. The maximum absolute atomic E-state index is 11.3. The molecule has 16 heavy (non-hydrogen) atoms. The largest absolute Gasteiger partial charge is 0.700 e. The monoisotopic (exact) mass is 379 g/mol. The van der Waals surface area contributed by atoms with Crippen molar-refractivity contribution in [2.24, 2.45) is 11.5 Å². The third kappa shape index (κ3) is 10.1. The molecule has 0 amide bonds. The van der Waals surface area contributed by atoms with Crippen molar-refractivity contribution in [1.82, 2.24) is 0 Å². The lowest BCUT2D eigenvalue weighted by atomic mass is 10.3. The number of hydrogen-bond acceptors (Lipinski definition) is 5. The van der Waals surface area contributed by atoms with Gasteiger partial charge in [-0.3, -0.25) is 0 Å². The molecule has 0 spiro atoms. The summed E-state index contributed by atoms with van der Waals surface area (Å²) in [5.41, 5.74) is 11.2. The zero-order valence-corrected chi connectivity index (χ0v) is 13.0. The molecule has 0 aliphatic heterocycles. The molecule has 96 valence electrons. The maximum atomic E-state index is 11.3. The zero-order chi connectivity index (χ0) is 12.4. The standard InChI is InChI=1S/C8H18Br2N2O3P/c9-5-1-3-7(11)14-16(13)15-8(12)4-2-6-10/h7-8H,1-6,11-12H2/q+1. The third-order valence-electron chi connectivity index (χ3n) is 1.69. The second-order valence-electron chi connectivity index (χ2n) is 3.17. The topological polar surface area (TPSA) is 87.6 Å². The summed E-state index contributed by atoms with van der Waals surface area (Å²) in [6.07, 6.45) is 1.85. The molecule has 0 aliphatic rings. The van der Waals surface area contributed by atoms with Crippen molar-refractivity contribution in [2.75, 3.05) is 10.7 Å². The van der Waals surface area contributed by atoms with E-state index in [0.717, 1.165) is 23.5 Å². The van der Waals surface area contributed by atoms with Gasteiger partial charge in [0.05, 0.1) is 0 Å². The van der Waals surface area contributed by atoms with Gasteiger partial charge >= 0.3 is 8.25 Å². The molecule has 0 bridgehead atoms. The van der Waals surface area contributed by atoms with E-state index in [-0.39, 0.29) is 0 Å². The summed E-state index contributed by atoms with van der Waals surface area (Å²) in [5.74, 6) is 0. The van der Waals surface area contributed by atoms with Crippen LogP contribution in [-0.4, -0.2) is 23.1 Å². The van der Waals surface area contributed by atoms with Gasteiger partial charge in [0, 0.05) is 15.2 Å². The van der Waals surface area contributed by atoms with Gasteiger partial charge in [-0.15, -0.1) is 9.05 Å². The first-order valence-corrected chi connectivity index (χ1v) is 8.38. The van der Waals surface area contributed by atoms with Gasteiger partial charge in [0.15, 0.2) is 12.5 Å². The van der Waals surface area contributed by atoms with E-state index in [9.17, 15) is 4.57 Å². The molecule has 0 radical (unpaired) electrons. The number of rotatable bonds is 10. The Hall–Kier alpha value is 0.900. The first-order chi connectivity index (χ1) is 7.60. The Balaban J connectivity index is 3.63. The Morgan fingerprint density at radius 1 is 1.00 bits per heavy atom. The van der Waals surface area contributed by atoms with E-state index in [4.69, 9.17) is 20.5 Å². The average Bonchev–Trinajstić information content (AvgIpc) is 2.23. The van der Waals surface area contributed by atoms with Crippen LogP contribution in [0.4, 0.5) is 0 Å². The van der Waals surface area contributed by atoms with Crippen molar-refractivity contribution in [3.63, 3.8) is 0 Å². The molecule has 0 saturated heterocycles. The summed E-state index contributed by atoms with van der Waals surface area (Å²) in [5, 5.41) is 1.68. The van der Waals surface area contributed by atoms with E-state index in [0.29, 0.717) is 12.8 Å². The molecule has 0 aromatic rings. The second-order valence-corrected chi connectivity index (χ2v) is 5.63. The van der Waals surface area contributed by atoms with Crippen LogP contribution in [0.15, 0.2) is 0 Å². The molecule has 2 unspecified atom stereocenters. The first-order valence-electron chi connectivity index (χ1n) is 5.04. The number of alkyl halides is 2. The SMILES string of the molecule is NC(CCCBr)O[P+](=O)OC(N)CCCBr. The highest BCUT2D eigenvalue weighted by Gasteiger charge is 2.28. The summed E-state index contributed by atoms with van der Waals surface area (Å²) in [6, 6.07) is 0. The Morgan fingerprint density at radius 2 is 1.38 bits per heavy atom. The van der Waals surface area contributed by atoms with Crippen LogP contribution in [0.2, 0.25) is 0 Å². The zero-order valence-electron chi connectivity index (χ0n) is 8.98. The minimum Gasteiger partial charge on any atom is -0.302 e. The van der Waals surface area contributed by atoms with E-state index in [2.05, 4.69) is 31.9 Å². The molecular formula is C8H18Br2N2O3P+. The molecule has 0 fully saturated rings. The van der Waals surface area contributed by atoms with Crippen LogP contribution in [0.3, 0.4) is 0 Å². The van der Waals surface area contributed by atoms with E-state index >= 15 is 0 Å². The predicted octanol–water partition coefficient (Wildman–Crippen LogP) is 2.60. The highest BCUT2D eigenvalue weighted by molar-refractivity contribution is 9.09. The first kappa shape index (κ1) is 16.9. The summed E-state index contributed by atoms with van der Waals surface area (Å²) in [6.45, 7) is 0. The third-order valence-corrected chi connectivity index (χ3v) is 3.69. The lowest BCUT2D eigenvalue weighted by Gasteiger charge is -2.05. The fourth-order valence-corrected chi connectivity index (χ4v) is 2.26. The average molecular weight is 381 g/mol. The van der Waals surface area contributed by atoms with Gasteiger partial charge in [-0.25, -0.2) is 0 Å². The predicted molar refractivity (Wildman–Crippen MR) is 71.8 cm³/mol. The second kappa shape index (κ2) is 11.0. The summed E-state index contributed by atoms with van der Waals surface area (Å²) >= 11 is 6.55. The highest BCUT2D eigenvalue weighted by Crippen LogP contribution is 2.28. The van der Waals surface area contributed by atoms with Gasteiger partial charge in [0.2, 0.25) is 0 Å². The van der Waals surface area contributed by atoms with Gasteiger partial charge in [0.1, 0.15) is 0 Å². The van der Waals surface area contributed by atoms with E-state index in [1.165, 1.54) is 0 Å². The normalized spacial score (nSPS) is 15.9. The summed E-state index contributed by atoms with van der Waals surface area (Å²) in [7, 11) is -2.22. The van der Waals surface area contributed by atoms with Crippen LogP contribution in [0.5, 0.6) is 0 Å². The van der Waals surface area contributed by atoms with Crippen LogP contribution >= 0.6 is 40.1 Å². The van der Waals surface area contributed by atoms with Crippen molar-refractivity contribution >= 4 is 40.1 Å². The summed E-state index contributed by atoms with van der Waals surface area (Å²) < 4.78 is 21.2. The Morgan fingerprint density at radius 3 is 1.69 bits per heavy atom. The van der Waals surface area contributed by atoms with Crippen molar-refractivity contribution in [2.45, 2.75) is 38.1 Å². The van der Waals surface area contributed by atoms with Gasteiger partial charge in [-0.05, 0) is 25.7 Å². The van der Waals surface area contributed by atoms with Gasteiger partial charge < -0.3 is 11.5 Å². The molecule has 0 aliphatic carbocycles. The molecular weight excluding hydrogens is 363 g/mol. The minimum absolute atomic E-state index is 0.565. The van der Waals surface area contributed by atoms with Crippen LogP contribution < -0.4 is 11.5 Å². The van der Waals surface area contributed by atoms with Gasteiger partial charge in [0.25, 0.3) is 0 Å². The van der Waals surface area contributed by atoms with Crippen LogP contribution in [0.25, 0.3) is 0 Å². The molecule has 0 aromatic carbocycles. The number of hydrogen-bond donors (Lipinski definition) is 2. The fourth-order valence-electron chi connectivity index (χ4n) is 0.908. The van der Waals surface area contributed by atoms with Crippen molar-refractivity contribution < 1.29 is 13.6 Å². The van der Waals surface area contributed by atoms with Crippen LogP contribution in [-0.2, 0) is 13.6 Å². The summed E-state index contributed by atoms with van der Waals surface area (Å²) in [4.78, 5) is 0. The van der Waals surface area contributed by atoms with Gasteiger partial charge in [-0.2, -0.15) is 0 Å². The van der Waals surface area contributed by atoms with E-state index in [1.807, 2.05) is 0 Å². The molecule has 8 heteroatoms. The van der Waals surface area contributed by atoms with Crippen molar-refractivity contribution in [3.8, 4) is 0 Å². The highest BCUT2D eigenvalue weighted by atomic mass is 79.9. The molecule has 2 atom stereocenters. The quantitative estimate of drug-likeness (QED) is 0.345. The van der Waals surface area contributed by atoms with Crippen molar-refractivity contribution in [1.29, 1.82) is 0 Å². The molecule has 0 rings (SSSR count). The smallest absolute Gasteiger partial charge is 0.302 e. The number of halogens is 2. The Labute approximate surface area is 114 Å². The lowest BCUT2D eigenvalue weighted by Crippen LogP contribution is -2.24. The molecule has 0 aromatic heterocycles. The molecule has 0 heterocycles. The van der Waals surface area contributed by atoms with Crippen LogP contribution in [0.1, 0.15) is 25.7 Å². The lowest BCUT2D eigenvalue weighted by molar-refractivity contribution is 0.125. The number of nitrogens with two attached hydrogens (primary N) is 2. The molecule has 5 nitrogen and oxygen atoms in total. The fraction of sp³-hybridized carbons (Fsp3) is 1.00. The Kier molecular flexibility index (Phi) is 11.6. The van der Waals surface area contributed by atoms with Gasteiger partial charge in [-0.1, -0.05) is 31.9 Å². The molecule has 0 saturated carbocycles. The molecule has 4 N–H and O–H groups in total.